The number of rotatable bonds is 74. The second kappa shape index (κ2) is 73.3. The molecular formula is C58H112O24. The van der Waals surface area contributed by atoms with E-state index in [4.69, 9.17) is 105 Å². The third-order valence-electron chi connectivity index (χ3n) is 11.1. The van der Waals surface area contributed by atoms with Crippen LogP contribution in [-0.4, -0.2) is 294 Å². The molecule has 0 aromatic carbocycles. The average molecular weight is 1190 g/mol. The third-order valence-corrected chi connectivity index (χ3v) is 11.1. The van der Waals surface area contributed by atoms with E-state index in [1.165, 1.54) is 64.4 Å². The summed E-state index contributed by atoms with van der Waals surface area (Å²) in [6.07, 6.45) is 13.5. The third kappa shape index (κ3) is 72.3. The summed E-state index contributed by atoms with van der Waals surface area (Å²) in [6.45, 7) is 23.3. The topological polar surface area (TPSA) is 248 Å². The molecule has 0 heterocycles. The van der Waals surface area contributed by atoms with Gasteiger partial charge in [-0.05, 0) is 32.3 Å². The van der Waals surface area contributed by atoms with Gasteiger partial charge in [0.15, 0.2) is 5.78 Å². The molecule has 0 aliphatic rings. The molecule has 0 radical (unpaired) electrons. The number of aliphatic hydroxyl groups is 1. The highest BCUT2D eigenvalue weighted by molar-refractivity contribution is 5.98. The minimum Gasteiger partial charge on any atom is -0.460 e. The van der Waals surface area contributed by atoms with Crippen LogP contribution in [0.15, 0.2) is 11.6 Å². The molecule has 0 aliphatic heterocycles. The van der Waals surface area contributed by atoms with Gasteiger partial charge in [0.1, 0.15) is 6.61 Å². The summed E-state index contributed by atoms with van der Waals surface area (Å²) >= 11 is 0. The summed E-state index contributed by atoms with van der Waals surface area (Å²) in [5.41, 5.74) is 0.351. The number of carbonyl (C=O) groups is 2. The SMILES string of the molecule is CC(=O)/C(C)=C\C(=O)OCCOCCOCCOCCOCCOCCOCCOCCOCCOCCOCCCCCCCCCCCCOCCOCCOCCOCCOCCOCCOCCOCCOCCOCCO. The van der Waals surface area contributed by atoms with Gasteiger partial charge < -0.3 is 105 Å². The number of carbonyl (C=O) groups excluding carboxylic acids is 2. The molecule has 0 aliphatic carbocycles. The van der Waals surface area contributed by atoms with Crippen molar-refractivity contribution < 1.29 is 114 Å². The zero-order chi connectivity index (χ0) is 59.1. The highest BCUT2D eigenvalue weighted by atomic mass is 16.6. The van der Waals surface area contributed by atoms with Gasteiger partial charge in [-0.1, -0.05) is 51.4 Å². The van der Waals surface area contributed by atoms with Crippen LogP contribution in [0.25, 0.3) is 0 Å². The molecule has 24 nitrogen and oxygen atoms in total. The Morgan fingerprint density at radius 1 is 0.232 bits per heavy atom. The van der Waals surface area contributed by atoms with Crippen LogP contribution in [0, 0.1) is 0 Å². The van der Waals surface area contributed by atoms with Gasteiger partial charge >= 0.3 is 5.97 Å². The van der Waals surface area contributed by atoms with Crippen molar-refractivity contribution in [3.63, 3.8) is 0 Å². The van der Waals surface area contributed by atoms with Crippen LogP contribution in [0.3, 0.4) is 0 Å². The van der Waals surface area contributed by atoms with Gasteiger partial charge in [-0.2, -0.15) is 0 Å². The standard InChI is InChI=1S/C58H112O24/c1-56(57(2)60)55-58(61)82-54-53-81-52-51-80-50-49-79-48-47-78-46-45-77-44-42-75-39-36-72-33-30-69-27-24-66-21-18-63-15-12-10-8-6-4-3-5-7-9-11-14-62-17-20-65-23-26-68-29-32-71-35-38-74-41-43-76-40-37-73-34-31-70-28-25-67-22-19-64-16-13-59/h55,59H,3-54H2,1-2H3/b56-55-. The number of hydrogen-bond acceptors (Lipinski definition) is 24. The molecule has 488 valence electrons. The Labute approximate surface area is 491 Å². The molecule has 0 amide bonds. The van der Waals surface area contributed by atoms with Gasteiger partial charge in [0.2, 0.25) is 0 Å². The average Bonchev–Trinajstić information content (AvgIpc) is 3.47. The van der Waals surface area contributed by atoms with Gasteiger partial charge in [-0.3, -0.25) is 4.79 Å². The van der Waals surface area contributed by atoms with Gasteiger partial charge in [-0.25, -0.2) is 4.79 Å². The van der Waals surface area contributed by atoms with Crippen LogP contribution in [0.1, 0.15) is 78.1 Å². The van der Waals surface area contributed by atoms with Crippen molar-refractivity contribution >= 4 is 11.8 Å². The highest BCUT2D eigenvalue weighted by Gasteiger charge is 2.04. The summed E-state index contributed by atoms with van der Waals surface area (Å²) in [5, 5.41) is 8.62. The Hall–Kier alpha value is -1.96. The van der Waals surface area contributed by atoms with Crippen molar-refractivity contribution in [2.75, 3.05) is 277 Å². The molecule has 0 bridgehead atoms. The number of Topliss-reactive ketones (excluding diaryl/α,β-unsaturated/α-hetero) is 1. The van der Waals surface area contributed by atoms with E-state index in [1.807, 2.05) is 0 Å². The number of unbranched alkanes of at least 4 members (excludes halogenated alkanes) is 9. The Bertz CT molecular complexity index is 1270. The summed E-state index contributed by atoms with van der Waals surface area (Å²) in [7, 11) is 0. The first-order chi connectivity index (χ1) is 40.6. The molecule has 0 saturated carbocycles. The maximum Gasteiger partial charge on any atom is 0.331 e. The summed E-state index contributed by atoms with van der Waals surface area (Å²) < 4.78 is 115. The van der Waals surface area contributed by atoms with Gasteiger partial charge in [0.05, 0.1) is 258 Å². The molecule has 24 heteroatoms. The molecular weight excluding hydrogens is 1080 g/mol. The van der Waals surface area contributed by atoms with E-state index < -0.39 is 5.97 Å². The number of ketones is 1. The predicted molar refractivity (Wildman–Crippen MR) is 305 cm³/mol. The minimum absolute atomic E-state index is 0.0213. The first-order valence-corrected chi connectivity index (χ1v) is 30.1. The minimum atomic E-state index is -0.560. The highest BCUT2D eigenvalue weighted by Crippen LogP contribution is 2.11. The van der Waals surface area contributed by atoms with Gasteiger partial charge in [-0.15, -0.1) is 0 Å². The van der Waals surface area contributed by atoms with E-state index in [-0.39, 0.29) is 25.6 Å². The van der Waals surface area contributed by atoms with Crippen LogP contribution < -0.4 is 0 Å². The van der Waals surface area contributed by atoms with Gasteiger partial charge in [0, 0.05) is 19.3 Å². The molecule has 0 fully saturated rings. The zero-order valence-corrected chi connectivity index (χ0v) is 50.7. The normalized spacial score (nSPS) is 11.9. The van der Waals surface area contributed by atoms with Crippen LogP contribution in [0.4, 0.5) is 0 Å². The van der Waals surface area contributed by atoms with E-state index in [0.29, 0.717) is 250 Å². The molecule has 0 unspecified atom stereocenters. The molecule has 0 saturated heterocycles. The van der Waals surface area contributed by atoms with E-state index >= 15 is 0 Å². The second-order valence-corrected chi connectivity index (χ2v) is 18.1. The fraction of sp³-hybridized carbons (Fsp3) is 0.931. The predicted octanol–water partition coefficient (Wildman–Crippen LogP) is 4.29. The molecule has 1 N–H and O–H groups in total. The Kier molecular flexibility index (Phi) is 71.5. The lowest BCUT2D eigenvalue weighted by atomic mass is 10.1. The van der Waals surface area contributed by atoms with Crippen LogP contribution in [0.5, 0.6) is 0 Å². The first-order valence-electron chi connectivity index (χ1n) is 30.1. The number of esters is 1. The fourth-order valence-corrected chi connectivity index (χ4v) is 6.57. The molecule has 0 aromatic heterocycles. The Morgan fingerprint density at radius 3 is 0.573 bits per heavy atom. The Morgan fingerprint density at radius 2 is 0.390 bits per heavy atom. The van der Waals surface area contributed by atoms with Crippen LogP contribution in [-0.2, 0) is 109 Å². The largest absolute Gasteiger partial charge is 0.460 e. The van der Waals surface area contributed by atoms with Crippen molar-refractivity contribution in [2.45, 2.75) is 78.1 Å². The van der Waals surface area contributed by atoms with Crippen molar-refractivity contribution in [3.8, 4) is 0 Å². The number of aliphatic hydroxyl groups excluding tert-OH is 1. The van der Waals surface area contributed by atoms with Crippen molar-refractivity contribution in [1.82, 2.24) is 0 Å². The summed E-state index contributed by atoms with van der Waals surface area (Å²) in [6, 6.07) is 0. The maximum atomic E-state index is 11.5. The molecule has 0 spiro atoms. The van der Waals surface area contributed by atoms with Crippen molar-refractivity contribution in [1.29, 1.82) is 0 Å². The van der Waals surface area contributed by atoms with Crippen molar-refractivity contribution in [3.05, 3.63) is 11.6 Å². The van der Waals surface area contributed by atoms with E-state index in [2.05, 4.69) is 0 Å². The fourth-order valence-electron chi connectivity index (χ4n) is 6.57. The lowest BCUT2D eigenvalue weighted by Crippen LogP contribution is -2.15. The van der Waals surface area contributed by atoms with Crippen LogP contribution in [0.2, 0.25) is 0 Å². The summed E-state index contributed by atoms with van der Waals surface area (Å²) in [5.74, 6) is -0.732. The zero-order valence-electron chi connectivity index (χ0n) is 50.7. The molecule has 0 aromatic rings. The van der Waals surface area contributed by atoms with Crippen molar-refractivity contribution in [2.24, 2.45) is 0 Å². The number of ether oxygens (including phenoxy) is 21. The maximum absolute atomic E-state index is 11.5. The lowest BCUT2D eigenvalue weighted by molar-refractivity contribution is -0.139. The quantitative estimate of drug-likeness (QED) is 0.0507. The summed E-state index contributed by atoms with van der Waals surface area (Å²) in [4.78, 5) is 22.6. The van der Waals surface area contributed by atoms with E-state index in [9.17, 15) is 9.59 Å². The first kappa shape index (κ1) is 80.0. The molecule has 0 atom stereocenters. The van der Waals surface area contributed by atoms with E-state index in [0.717, 1.165) is 26.1 Å². The molecule has 82 heavy (non-hydrogen) atoms. The smallest absolute Gasteiger partial charge is 0.331 e. The Balaban J connectivity index is 3.11. The van der Waals surface area contributed by atoms with Crippen LogP contribution >= 0.6 is 0 Å². The van der Waals surface area contributed by atoms with Gasteiger partial charge in [0.25, 0.3) is 0 Å². The lowest BCUT2D eigenvalue weighted by Gasteiger charge is -2.09. The van der Waals surface area contributed by atoms with E-state index in [1.54, 1.807) is 6.92 Å². The number of hydrogen-bond donors (Lipinski definition) is 1. The monoisotopic (exact) mass is 1190 g/mol. The molecule has 0 rings (SSSR count). The number of allylic oxidation sites excluding steroid dienone is 1. The second-order valence-electron chi connectivity index (χ2n) is 18.1.